The fourth-order valence-corrected chi connectivity index (χ4v) is 2.47. The zero-order chi connectivity index (χ0) is 13.5. The second-order valence-corrected chi connectivity index (χ2v) is 5.04. The van der Waals surface area contributed by atoms with Gasteiger partial charge in [-0.15, -0.1) is 0 Å². The maximum absolute atomic E-state index is 10.8. The molecule has 1 aliphatic heterocycles. The van der Waals surface area contributed by atoms with E-state index in [1.54, 1.807) is 12.1 Å². The van der Waals surface area contributed by atoms with Crippen LogP contribution in [0.1, 0.15) is 26.3 Å². The zero-order valence-corrected chi connectivity index (χ0v) is 12.8. The van der Waals surface area contributed by atoms with Crippen molar-refractivity contribution in [2.75, 3.05) is 13.2 Å². The number of hydrogen-bond donors (Lipinski definition) is 1. The van der Waals surface area contributed by atoms with Crippen LogP contribution in [0.3, 0.4) is 0 Å². The van der Waals surface area contributed by atoms with Gasteiger partial charge in [0.2, 0.25) is 5.69 Å². The molecule has 104 valence electrons. The number of aliphatic hydroxyl groups excluding tert-OH is 1. The number of fused-ring (bicyclic) bond motifs is 1. The molecule has 0 aliphatic carbocycles. The minimum Gasteiger partial charge on any atom is -1.00 e. The molecule has 6 heteroatoms. The predicted molar refractivity (Wildman–Crippen MR) is 68.7 cm³/mol. The second-order valence-electron chi connectivity index (χ2n) is 5.04. The van der Waals surface area contributed by atoms with Crippen molar-refractivity contribution >= 4 is 17.1 Å². The Kier molecular flexibility index (Phi) is 4.47. The van der Waals surface area contributed by atoms with Crippen molar-refractivity contribution in [2.24, 2.45) is 0 Å². The Bertz CT molecular complexity index is 553. The number of halogens is 1. The van der Waals surface area contributed by atoms with Crippen molar-refractivity contribution in [2.45, 2.75) is 26.2 Å². The fraction of sp³-hybridized carbons (Fsp3) is 0.462. The molecule has 0 radical (unpaired) electrons. The second kappa shape index (κ2) is 5.38. The lowest BCUT2D eigenvalue weighted by molar-refractivity contribution is -0.442. The quantitative estimate of drug-likeness (QED) is 0.439. The zero-order valence-electron chi connectivity index (χ0n) is 11.2. The fourth-order valence-electron chi connectivity index (χ4n) is 2.47. The van der Waals surface area contributed by atoms with Crippen molar-refractivity contribution in [3.8, 4) is 0 Å². The van der Waals surface area contributed by atoms with E-state index in [4.69, 9.17) is 5.11 Å². The molecule has 0 spiro atoms. The molecular weight excluding hydrogens is 312 g/mol. The van der Waals surface area contributed by atoms with E-state index in [0.29, 0.717) is 6.54 Å². The van der Waals surface area contributed by atoms with Gasteiger partial charge in [0.15, 0.2) is 12.3 Å². The lowest BCUT2D eigenvalue weighted by Crippen LogP contribution is -3.00. The Morgan fingerprint density at radius 1 is 1.42 bits per heavy atom. The third kappa shape index (κ3) is 2.42. The minimum absolute atomic E-state index is 0. The predicted octanol–water partition coefficient (Wildman–Crippen LogP) is -1.01. The molecule has 2 rings (SSSR count). The molecule has 0 unspecified atom stereocenters. The maximum atomic E-state index is 10.8. The average Bonchev–Trinajstić information content (AvgIpc) is 2.51. The van der Waals surface area contributed by atoms with Crippen molar-refractivity contribution in [1.82, 2.24) is 0 Å². The summed E-state index contributed by atoms with van der Waals surface area (Å²) in [6, 6.07) is 4.91. The molecular formula is C13H17BrN2O3. The van der Waals surface area contributed by atoms with Crippen LogP contribution in [-0.2, 0) is 5.41 Å². The van der Waals surface area contributed by atoms with E-state index in [0.717, 1.165) is 17.0 Å². The van der Waals surface area contributed by atoms with E-state index in [-0.39, 0.29) is 39.6 Å². The standard InChI is InChI=1S/C13H17N2O3.BrH/c1-9-13(2,3)11-8-10(15(17)18)4-5-12(11)14(9)6-7-16;/h4-5,8,16H,6-7H2,1-3H3;1H/q+1;/p-1. The molecule has 0 atom stereocenters. The Hall–Kier alpha value is -1.27. The Morgan fingerprint density at radius 2 is 2.05 bits per heavy atom. The van der Waals surface area contributed by atoms with Gasteiger partial charge in [0, 0.05) is 30.7 Å². The van der Waals surface area contributed by atoms with Gasteiger partial charge in [0.1, 0.15) is 6.61 Å². The number of β-amino-alcohol motifs (C(OH)–C–C–N with tert-alkyl or cyclic N) is 1. The first-order chi connectivity index (χ1) is 8.39. The normalized spacial score (nSPS) is 16.0. The van der Waals surface area contributed by atoms with Gasteiger partial charge >= 0.3 is 0 Å². The summed E-state index contributed by atoms with van der Waals surface area (Å²) in [5.74, 6) is 0. The molecule has 1 aromatic rings. The summed E-state index contributed by atoms with van der Waals surface area (Å²) in [7, 11) is 0. The van der Waals surface area contributed by atoms with Crippen molar-refractivity contribution in [3.63, 3.8) is 0 Å². The molecule has 1 aromatic carbocycles. The van der Waals surface area contributed by atoms with Gasteiger partial charge in [-0.3, -0.25) is 10.1 Å². The number of benzene rings is 1. The number of nitro benzene ring substituents is 1. The van der Waals surface area contributed by atoms with E-state index in [1.807, 2.05) is 25.3 Å². The third-order valence-corrected chi connectivity index (χ3v) is 3.79. The summed E-state index contributed by atoms with van der Waals surface area (Å²) < 4.78 is 2.03. The molecule has 1 heterocycles. The number of hydrogen-bond acceptors (Lipinski definition) is 3. The minimum atomic E-state index is -0.375. The highest BCUT2D eigenvalue weighted by molar-refractivity contribution is 5.93. The van der Waals surface area contributed by atoms with E-state index in [9.17, 15) is 10.1 Å². The molecule has 0 saturated carbocycles. The van der Waals surface area contributed by atoms with Gasteiger partial charge in [-0.2, -0.15) is 4.58 Å². The van der Waals surface area contributed by atoms with Crippen LogP contribution < -0.4 is 17.0 Å². The van der Waals surface area contributed by atoms with E-state index >= 15 is 0 Å². The van der Waals surface area contributed by atoms with Gasteiger partial charge in [-0.25, -0.2) is 0 Å². The van der Waals surface area contributed by atoms with Crippen LogP contribution in [0.5, 0.6) is 0 Å². The molecule has 5 nitrogen and oxygen atoms in total. The Morgan fingerprint density at radius 3 is 2.58 bits per heavy atom. The number of nitrogens with zero attached hydrogens (tertiary/aromatic N) is 2. The van der Waals surface area contributed by atoms with Crippen LogP contribution in [0.4, 0.5) is 11.4 Å². The highest BCUT2D eigenvalue weighted by Crippen LogP contribution is 2.40. The van der Waals surface area contributed by atoms with Crippen LogP contribution in [0.25, 0.3) is 0 Å². The molecule has 0 aromatic heterocycles. The Labute approximate surface area is 122 Å². The van der Waals surface area contributed by atoms with Crippen molar-refractivity contribution in [3.05, 3.63) is 33.9 Å². The summed E-state index contributed by atoms with van der Waals surface area (Å²) in [6.45, 7) is 6.66. The van der Waals surface area contributed by atoms with Gasteiger partial charge < -0.3 is 22.1 Å². The number of nitro groups is 1. The van der Waals surface area contributed by atoms with Gasteiger partial charge in [0.05, 0.1) is 10.3 Å². The van der Waals surface area contributed by atoms with Crippen LogP contribution in [0.15, 0.2) is 18.2 Å². The van der Waals surface area contributed by atoms with E-state index in [1.165, 1.54) is 6.07 Å². The van der Waals surface area contributed by atoms with Gasteiger partial charge in [-0.05, 0) is 13.8 Å². The van der Waals surface area contributed by atoms with Crippen molar-refractivity contribution in [1.29, 1.82) is 0 Å². The maximum Gasteiger partial charge on any atom is 0.270 e. The summed E-state index contributed by atoms with van der Waals surface area (Å²) in [5, 5.41) is 20.0. The number of aliphatic hydroxyl groups is 1. The summed E-state index contributed by atoms with van der Waals surface area (Å²) >= 11 is 0. The van der Waals surface area contributed by atoms with Gasteiger partial charge in [-0.1, -0.05) is 0 Å². The molecule has 0 amide bonds. The first-order valence-electron chi connectivity index (χ1n) is 5.91. The van der Waals surface area contributed by atoms with Crippen LogP contribution in [-0.4, -0.2) is 33.5 Å². The first kappa shape index (κ1) is 15.8. The lowest BCUT2D eigenvalue weighted by Gasteiger charge is -2.14. The Balaban J connectivity index is 0.00000180. The largest absolute Gasteiger partial charge is 1.00 e. The third-order valence-electron chi connectivity index (χ3n) is 3.79. The van der Waals surface area contributed by atoms with Crippen molar-refractivity contribution < 1.29 is 31.6 Å². The first-order valence-corrected chi connectivity index (χ1v) is 5.91. The molecule has 19 heavy (non-hydrogen) atoms. The molecule has 0 fully saturated rings. The number of non-ortho nitro benzene ring substituents is 1. The number of rotatable bonds is 3. The topological polar surface area (TPSA) is 66.4 Å². The molecule has 0 bridgehead atoms. The SMILES string of the molecule is CC1=[N+](CCO)c2ccc([N+](=O)[O-])cc2C1(C)C.[Br-]. The van der Waals surface area contributed by atoms with Crippen LogP contribution >= 0.6 is 0 Å². The highest BCUT2D eigenvalue weighted by Gasteiger charge is 2.43. The smallest absolute Gasteiger partial charge is 0.270 e. The summed E-state index contributed by atoms with van der Waals surface area (Å²) in [4.78, 5) is 10.5. The van der Waals surface area contributed by atoms with E-state index < -0.39 is 0 Å². The van der Waals surface area contributed by atoms with Crippen LogP contribution in [0.2, 0.25) is 0 Å². The van der Waals surface area contributed by atoms with Crippen LogP contribution in [0, 0.1) is 10.1 Å². The molecule has 1 aliphatic rings. The van der Waals surface area contributed by atoms with E-state index in [2.05, 4.69) is 0 Å². The summed E-state index contributed by atoms with van der Waals surface area (Å²) in [5.41, 5.74) is 2.88. The highest BCUT2D eigenvalue weighted by atomic mass is 79.9. The van der Waals surface area contributed by atoms with Gasteiger partial charge in [0.25, 0.3) is 5.69 Å². The average molecular weight is 329 g/mol. The molecule has 1 N–H and O–H groups in total. The lowest BCUT2D eigenvalue weighted by atomic mass is 9.82. The monoisotopic (exact) mass is 328 g/mol. The molecule has 0 saturated heterocycles. The summed E-state index contributed by atoms with van der Waals surface area (Å²) in [6.07, 6.45) is 0.